The van der Waals surface area contributed by atoms with Crippen LogP contribution in [0.5, 0.6) is 0 Å². The molecular formula is C14H10ClF3N4O2S. The maximum Gasteiger partial charge on any atom is 0.408 e. The lowest BCUT2D eigenvalue weighted by atomic mass is 10.1. The highest BCUT2D eigenvalue weighted by molar-refractivity contribution is 7.89. The van der Waals surface area contributed by atoms with Crippen LogP contribution < -0.4 is 4.72 Å². The SMILES string of the molecule is O=S(=O)(N[C@H](c1ccc(Cl)cc1)C(F)(F)F)c1ccn2nncc2c1. The maximum atomic E-state index is 13.4. The van der Waals surface area contributed by atoms with Crippen molar-refractivity contribution >= 4 is 27.1 Å². The summed E-state index contributed by atoms with van der Waals surface area (Å²) < 4.78 is 67.9. The molecule has 0 spiro atoms. The Balaban J connectivity index is 1.98. The molecule has 0 aliphatic carbocycles. The number of nitrogens with one attached hydrogen (secondary N) is 1. The fraction of sp³-hybridized carbons (Fsp3) is 0.143. The van der Waals surface area contributed by atoms with Crippen LogP contribution in [0.1, 0.15) is 11.6 Å². The van der Waals surface area contributed by atoms with E-state index in [1.54, 1.807) is 4.72 Å². The highest BCUT2D eigenvalue weighted by Gasteiger charge is 2.43. The van der Waals surface area contributed by atoms with Crippen LogP contribution in [-0.2, 0) is 10.0 Å². The molecule has 0 saturated heterocycles. The van der Waals surface area contributed by atoms with Gasteiger partial charge in [0.2, 0.25) is 10.0 Å². The predicted octanol–water partition coefficient (Wildman–Crippen LogP) is 2.96. The van der Waals surface area contributed by atoms with Gasteiger partial charge in [0.1, 0.15) is 6.04 Å². The Labute approximate surface area is 145 Å². The molecule has 0 radical (unpaired) electrons. The molecule has 0 amide bonds. The van der Waals surface area contributed by atoms with E-state index in [1.165, 1.54) is 35.1 Å². The van der Waals surface area contributed by atoms with E-state index in [9.17, 15) is 21.6 Å². The lowest BCUT2D eigenvalue weighted by Gasteiger charge is -2.22. The van der Waals surface area contributed by atoms with Crippen LogP contribution in [0, 0.1) is 0 Å². The summed E-state index contributed by atoms with van der Waals surface area (Å²) in [5.74, 6) is 0. The predicted molar refractivity (Wildman–Crippen MR) is 83.6 cm³/mol. The first-order chi connectivity index (χ1) is 11.7. The Morgan fingerprint density at radius 2 is 1.84 bits per heavy atom. The molecule has 0 fully saturated rings. The number of rotatable bonds is 4. The molecule has 2 aromatic heterocycles. The fourth-order valence-electron chi connectivity index (χ4n) is 2.18. The molecule has 0 aliphatic heterocycles. The Hall–Kier alpha value is -2.17. The van der Waals surface area contributed by atoms with Gasteiger partial charge in [0.25, 0.3) is 0 Å². The number of hydrogen-bond donors (Lipinski definition) is 1. The molecule has 1 atom stereocenters. The number of pyridine rings is 1. The molecule has 0 unspecified atom stereocenters. The topological polar surface area (TPSA) is 76.4 Å². The molecule has 3 aromatic rings. The summed E-state index contributed by atoms with van der Waals surface area (Å²) in [4.78, 5) is -0.328. The maximum absolute atomic E-state index is 13.4. The number of aromatic nitrogens is 3. The van der Waals surface area contributed by atoms with E-state index in [0.717, 1.165) is 18.2 Å². The van der Waals surface area contributed by atoms with Gasteiger partial charge in [0, 0.05) is 11.2 Å². The van der Waals surface area contributed by atoms with E-state index in [1.807, 2.05) is 0 Å². The molecule has 3 rings (SSSR count). The normalized spacial score (nSPS) is 13.9. The standard InChI is InChI=1S/C14H10ClF3N4O2S/c15-10-3-1-9(2-4-10)13(14(16,17)18)20-25(23,24)12-5-6-22-11(7-12)8-19-21-22/h1-8,13,20H/t13-/m1/s1. The average Bonchev–Trinajstić information content (AvgIpc) is 3.00. The van der Waals surface area contributed by atoms with Crippen molar-refractivity contribution in [1.82, 2.24) is 19.5 Å². The van der Waals surface area contributed by atoms with Crippen molar-refractivity contribution in [3.8, 4) is 0 Å². The lowest BCUT2D eigenvalue weighted by Crippen LogP contribution is -2.38. The van der Waals surface area contributed by atoms with Crippen LogP contribution in [0.15, 0.2) is 53.7 Å². The van der Waals surface area contributed by atoms with Crippen LogP contribution in [0.2, 0.25) is 5.02 Å². The van der Waals surface area contributed by atoms with Gasteiger partial charge in [-0.3, -0.25) is 0 Å². The molecule has 0 aliphatic rings. The average molecular weight is 391 g/mol. The second-order valence-corrected chi connectivity index (χ2v) is 7.26. The van der Waals surface area contributed by atoms with Crippen molar-refractivity contribution in [2.24, 2.45) is 0 Å². The quantitative estimate of drug-likeness (QED) is 0.743. The van der Waals surface area contributed by atoms with Crippen LogP contribution in [-0.4, -0.2) is 29.4 Å². The minimum absolute atomic E-state index is 0.242. The van der Waals surface area contributed by atoms with Gasteiger partial charge in [-0.05, 0) is 29.8 Å². The van der Waals surface area contributed by atoms with E-state index in [-0.39, 0.29) is 15.5 Å². The molecule has 132 valence electrons. The summed E-state index contributed by atoms with van der Waals surface area (Å²) in [6.45, 7) is 0. The summed E-state index contributed by atoms with van der Waals surface area (Å²) in [6.07, 6.45) is -2.25. The van der Waals surface area contributed by atoms with E-state index in [4.69, 9.17) is 11.6 Å². The zero-order valence-electron chi connectivity index (χ0n) is 12.3. The molecular weight excluding hydrogens is 381 g/mol. The van der Waals surface area contributed by atoms with Crippen molar-refractivity contribution in [3.05, 3.63) is 59.4 Å². The molecule has 1 N–H and O–H groups in total. The van der Waals surface area contributed by atoms with Gasteiger partial charge in [-0.25, -0.2) is 12.9 Å². The van der Waals surface area contributed by atoms with Gasteiger partial charge >= 0.3 is 6.18 Å². The zero-order chi connectivity index (χ0) is 18.2. The molecule has 0 saturated carbocycles. The lowest BCUT2D eigenvalue weighted by molar-refractivity contribution is -0.153. The summed E-state index contributed by atoms with van der Waals surface area (Å²) in [7, 11) is -4.44. The van der Waals surface area contributed by atoms with Crippen LogP contribution in [0.3, 0.4) is 0 Å². The molecule has 1 aromatic carbocycles. The van der Waals surface area contributed by atoms with Gasteiger partial charge in [0.05, 0.1) is 16.6 Å². The van der Waals surface area contributed by atoms with Gasteiger partial charge in [0.15, 0.2) is 0 Å². The Morgan fingerprint density at radius 1 is 1.16 bits per heavy atom. The molecule has 6 nitrogen and oxygen atoms in total. The van der Waals surface area contributed by atoms with Crippen molar-refractivity contribution in [3.63, 3.8) is 0 Å². The summed E-state index contributed by atoms with van der Waals surface area (Å²) in [6, 6.07) is 4.66. The van der Waals surface area contributed by atoms with Gasteiger partial charge < -0.3 is 0 Å². The first-order valence-electron chi connectivity index (χ1n) is 6.81. The van der Waals surface area contributed by atoms with Crippen molar-refractivity contribution in [1.29, 1.82) is 0 Å². The fourth-order valence-corrected chi connectivity index (χ4v) is 3.54. The Morgan fingerprint density at radius 3 is 2.48 bits per heavy atom. The smallest absolute Gasteiger partial charge is 0.221 e. The van der Waals surface area contributed by atoms with E-state index < -0.39 is 22.2 Å². The molecule has 2 heterocycles. The number of hydrogen-bond acceptors (Lipinski definition) is 4. The van der Waals surface area contributed by atoms with Crippen molar-refractivity contribution < 1.29 is 21.6 Å². The monoisotopic (exact) mass is 390 g/mol. The Kier molecular flexibility index (Phi) is 4.43. The highest BCUT2D eigenvalue weighted by Crippen LogP contribution is 2.34. The minimum Gasteiger partial charge on any atom is -0.221 e. The summed E-state index contributed by atoms with van der Waals surface area (Å²) >= 11 is 5.67. The Bertz CT molecular complexity index is 1000. The highest BCUT2D eigenvalue weighted by atomic mass is 35.5. The third kappa shape index (κ3) is 3.75. The third-order valence-electron chi connectivity index (χ3n) is 3.39. The number of halogens is 4. The molecule has 0 bridgehead atoms. The zero-order valence-corrected chi connectivity index (χ0v) is 13.8. The second kappa shape index (κ2) is 6.28. The number of nitrogens with zero attached hydrogens (tertiary/aromatic N) is 3. The number of alkyl halides is 3. The number of benzene rings is 1. The summed E-state index contributed by atoms with van der Waals surface area (Å²) in [5.41, 5.74) is 0.0606. The van der Waals surface area contributed by atoms with E-state index in [2.05, 4.69) is 10.3 Å². The van der Waals surface area contributed by atoms with E-state index in [0.29, 0.717) is 5.52 Å². The largest absolute Gasteiger partial charge is 0.408 e. The summed E-state index contributed by atoms with van der Waals surface area (Å²) in [5, 5.41) is 7.48. The molecule has 25 heavy (non-hydrogen) atoms. The van der Waals surface area contributed by atoms with Gasteiger partial charge in [-0.15, -0.1) is 5.10 Å². The van der Waals surface area contributed by atoms with Crippen LogP contribution >= 0.6 is 11.6 Å². The van der Waals surface area contributed by atoms with Crippen LogP contribution in [0.4, 0.5) is 13.2 Å². The van der Waals surface area contributed by atoms with Crippen molar-refractivity contribution in [2.45, 2.75) is 17.1 Å². The van der Waals surface area contributed by atoms with E-state index >= 15 is 0 Å². The van der Waals surface area contributed by atoms with Crippen LogP contribution in [0.25, 0.3) is 5.52 Å². The van der Waals surface area contributed by atoms with Gasteiger partial charge in [-0.1, -0.05) is 28.9 Å². The first kappa shape index (κ1) is 17.6. The second-order valence-electron chi connectivity index (χ2n) is 5.11. The number of fused-ring (bicyclic) bond motifs is 1. The minimum atomic E-state index is -4.83. The number of sulfonamides is 1. The van der Waals surface area contributed by atoms with Gasteiger partial charge in [-0.2, -0.15) is 17.9 Å². The first-order valence-corrected chi connectivity index (χ1v) is 8.67. The van der Waals surface area contributed by atoms with Crippen molar-refractivity contribution in [2.75, 3.05) is 0 Å². The molecule has 11 heteroatoms. The third-order valence-corrected chi connectivity index (χ3v) is 5.06.